The molecule has 0 N–H and O–H groups in total. The summed E-state index contributed by atoms with van der Waals surface area (Å²) in [7, 11) is 3.38. The molecule has 23 heavy (non-hydrogen) atoms. The zero-order chi connectivity index (χ0) is 15.8. The summed E-state index contributed by atoms with van der Waals surface area (Å²) in [6.45, 7) is 0. The van der Waals surface area contributed by atoms with Gasteiger partial charge in [0.2, 0.25) is 0 Å². The van der Waals surface area contributed by atoms with Gasteiger partial charge >= 0.3 is 0 Å². The molecule has 0 aliphatic heterocycles. The van der Waals surface area contributed by atoms with Crippen molar-refractivity contribution in [1.82, 2.24) is 4.57 Å². The van der Waals surface area contributed by atoms with Crippen LogP contribution in [0.25, 0.3) is 27.5 Å². The second-order valence-electron chi connectivity index (χ2n) is 5.43. The van der Waals surface area contributed by atoms with Crippen LogP contribution in [0.4, 0.5) is 0 Å². The van der Waals surface area contributed by atoms with E-state index in [9.17, 15) is 0 Å². The minimum atomic E-state index is 0.858. The van der Waals surface area contributed by atoms with E-state index in [1.807, 2.05) is 18.2 Å². The zero-order valence-corrected chi connectivity index (χ0v) is 13.1. The van der Waals surface area contributed by atoms with Gasteiger partial charge in [0.15, 0.2) is 0 Å². The first-order valence-electron chi connectivity index (χ1n) is 7.53. The van der Waals surface area contributed by atoms with E-state index >= 15 is 0 Å². The first kappa shape index (κ1) is 13.7. The standard InChI is InChI=1S/C20H17NO2/c1-22-15-9-7-14(8-10-15)21-19-6-4-3-5-17(19)18-13-16(23-2)11-12-20(18)21/h3-13H,1-2H3. The molecule has 0 unspecified atom stereocenters. The number of hydrogen-bond donors (Lipinski definition) is 0. The molecule has 3 aromatic carbocycles. The van der Waals surface area contributed by atoms with Crippen LogP contribution in [0.3, 0.4) is 0 Å². The number of rotatable bonds is 3. The molecule has 114 valence electrons. The van der Waals surface area contributed by atoms with Crippen molar-refractivity contribution in [1.29, 1.82) is 0 Å². The third-order valence-corrected chi connectivity index (χ3v) is 4.21. The average Bonchev–Trinajstić information content (AvgIpc) is 2.95. The van der Waals surface area contributed by atoms with E-state index in [4.69, 9.17) is 9.47 Å². The maximum atomic E-state index is 5.39. The minimum absolute atomic E-state index is 0.858. The van der Waals surface area contributed by atoms with E-state index in [2.05, 4.69) is 53.1 Å². The van der Waals surface area contributed by atoms with Gasteiger partial charge in [0.25, 0.3) is 0 Å². The Morgan fingerprint density at radius 1 is 0.652 bits per heavy atom. The van der Waals surface area contributed by atoms with E-state index in [1.165, 1.54) is 16.3 Å². The van der Waals surface area contributed by atoms with Crippen molar-refractivity contribution in [3.05, 3.63) is 66.7 Å². The van der Waals surface area contributed by atoms with Crippen molar-refractivity contribution in [3.63, 3.8) is 0 Å². The van der Waals surface area contributed by atoms with Crippen molar-refractivity contribution in [2.75, 3.05) is 14.2 Å². The highest BCUT2D eigenvalue weighted by molar-refractivity contribution is 6.09. The molecule has 0 radical (unpaired) electrons. The first-order valence-corrected chi connectivity index (χ1v) is 7.53. The summed E-state index contributed by atoms with van der Waals surface area (Å²) < 4.78 is 12.9. The van der Waals surface area contributed by atoms with Gasteiger partial charge in [-0.15, -0.1) is 0 Å². The summed E-state index contributed by atoms with van der Waals surface area (Å²) in [6, 6.07) is 22.8. The molecule has 3 heteroatoms. The van der Waals surface area contributed by atoms with Crippen LogP contribution >= 0.6 is 0 Å². The average molecular weight is 303 g/mol. The molecule has 0 atom stereocenters. The molecule has 0 saturated carbocycles. The Kier molecular flexibility index (Phi) is 3.19. The Bertz CT molecular complexity index is 984. The molecule has 0 spiro atoms. The smallest absolute Gasteiger partial charge is 0.119 e. The second-order valence-corrected chi connectivity index (χ2v) is 5.43. The fraction of sp³-hybridized carbons (Fsp3) is 0.100. The Morgan fingerprint density at radius 2 is 1.30 bits per heavy atom. The van der Waals surface area contributed by atoms with E-state index in [-0.39, 0.29) is 0 Å². The van der Waals surface area contributed by atoms with Gasteiger partial charge in [0.1, 0.15) is 11.5 Å². The summed E-state index contributed by atoms with van der Waals surface area (Å²) in [6.07, 6.45) is 0. The normalized spacial score (nSPS) is 11.0. The number of nitrogens with zero attached hydrogens (tertiary/aromatic N) is 1. The quantitative estimate of drug-likeness (QED) is 0.542. The molecule has 0 amide bonds. The lowest BCUT2D eigenvalue weighted by molar-refractivity contribution is 0.415. The van der Waals surface area contributed by atoms with Gasteiger partial charge in [-0.2, -0.15) is 0 Å². The highest BCUT2D eigenvalue weighted by atomic mass is 16.5. The van der Waals surface area contributed by atoms with Crippen LogP contribution in [0.15, 0.2) is 66.7 Å². The molecule has 1 heterocycles. The van der Waals surface area contributed by atoms with E-state index in [0.717, 1.165) is 22.7 Å². The van der Waals surface area contributed by atoms with Gasteiger partial charge < -0.3 is 14.0 Å². The lowest BCUT2D eigenvalue weighted by atomic mass is 10.1. The van der Waals surface area contributed by atoms with Crippen LogP contribution in [0.1, 0.15) is 0 Å². The minimum Gasteiger partial charge on any atom is -0.497 e. The summed E-state index contributed by atoms with van der Waals surface area (Å²) in [4.78, 5) is 0. The molecule has 0 saturated heterocycles. The predicted octanol–water partition coefficient (Wildman–Crippen LogP) is 4.80. The van der Waals surface area contributed by atoms with E-state index < -0.39 is 0 Å². The fourth-order valence-corrected chi connectivity index (χ4v) is 3.09. The van der Waals surface area contributed by atoms with Gasteiger partial charge in [-0.1, -0.05) is 18.2 Å². The molecule has 3 nitrogen and oxygen atoms in total. The summed E-state index contributed by atoms with van der Waals surface area (Å²) in [5, 5.41) is 2.41. The first-order chi connectivity index (χ1) is 11.3. The lowest BCUT2D eigenvalue weighted by Crippen LogP contribution is -1.94. The lowest BCUT2D eigenvalue weighted by Gasteiger charge is -2.09. The van der Waals surface area contributed by atoms with Gasteiger partial charge in [-0.25, -0.2) is 0 Å². The summed E-state index contributed by atoms with van der Waals surface area (Å²) in [5.41, 5.74) is 3.46. The number of aromatic nitrogens is 1. The van der Waals surface area contributed by atoms with Crippen molar-refractivity contribution in [3.8, 4) is 17.2 Å². The summed E-state index contributed by atoms with van der Waals surface area (Å²) in [5.74, 6) is 1.73. The molecule has 4 rings (SSSR count). The molecule has 0 fully saturated rings. The monoisotopic (exact) mass is 303 g/mol. The molecule has 0 aliphatic rings. The number of para-hydroxylation sites is 1. The number of hydrogen-bond acceptors (Lipinski definition) is 2. The molecular weight excluding hydrogens is 286 g/mol. The van der Waals surface area contributed by atoms with Gasteiger partial charge in [-0.3, -0.25) is 0 Å². The second kappa shape index (κ2) is 5.36. The third kappa shape index (κ3) is 2.13. The van der Waals surface area contributed by atoms with Gasteiger partial charge in [-0.05, 0) is 48.5 Å². The largest absolute Gasteiger partial charge is 0.497 e. The van der Waals surface area contributed by atoms with Crippen molar-refractivity contribution >= 4 is 21.8 Å². The highest BCUT2D eigenvalue weighted by Gasteiger charge is 2.12. The van der Waals surface area contributed by atoms with E-state index in [1.54, 1.807) is 14.2 Å². The van der Waals surface area contributed by atoms with Crippen LogP contribution < -0.4 is 9.47 Å². The van der Waals surface area contributed by atoms with Crippen molar-refractivity contribution in [2.45, 2.75) is 0 Å². The van der Waals surface area contributed by atoms with Crippen LogP contribution in [-0.4, -0.2) is 18.8 Å². The number of fused-ring (bicyclic) bond motifs is 3. The third-order valence-electron chi connectivity index (χ3n) is 4.21. The van der Waals surface area contributed by atoms with E-state index in [0.29, 0.717) is 0 Å². The van der Waals surface area contributed by atoms with Crippen molar-refractivity contribution < 1.29 is 9.47 Å². The molecule has 0 bridgehead atoms. The van der Waals surface area contributed by atoms with Gasteiger partial charge in [0, 0.05) is 16.5 Å². The zero-order valence-electron chi connectivity index (χ0n) is 13.1. The number of ether oxygens (including phenoxy) is 2. The number of benzene rings is 3. The van der Waals surface area contributed by atoms with Gasteiger partial charge in [0.05, 0.1) is 25.3 Å². The number of methoxy groups -OCH3 is 2. The van der Waals surface area contributed by atoms with Crippen LogP contribution in [0.2, 0.25) is 0 Å². The van der Waals surface area contributed by atoms with Crippen LogP contribution in [-0.2, 0) is 0 Å². The maximum absolute atomic E-state index is 5.39. The molecule has 4 aromatic rings. The Hall–Kier alpha value is -2.94. The van der Waals surface area contributed by atoms with Crippen LogP contribution in [0.5, 0.6) is 11.5 Å². The maximum Gasteiger partial charge on any atom is 0.119 e. The highest BCUT2D eigenvalue weighted by Crippen LogP contribution is 2.34. The predicted molar refractivity (Wildman–Crippen MR) is 93.9 cm³/mol. The van der Waals surface area contributed by atoms with Crippen molar-refractivity contribution in [2.24, 2.45) is 0 Å². The Labute approximate surface area is 134 Å². The Balaban J connectivity index is 2.06. The SMILES string of the molecule is COc1ccc(-n2c3ccccc3c3cc(OC)ccc32)cc1. The van der Waals surface area contributed by atoms with Crippen LogP contribution in [0, 0.1) is 0 Å². The Morgan fingerprint density at radius 3 is 2.04 bits per heavy atom. The molecule has 1 aromatic heterocycles. The fourth-order valence-electron chi connectivity index (χ4n) is 3.09. The molecule has 0 aliphatic carbocycles. The topological polar surface area (TPSA) is 23.4 Å². The molecular formula is C20H17NO2. The summed E-state index contributed by atoms with van der Waals surface area (Å²) >= 11 is 0.